The highest BCUT2D eigenvalue weighted by atomic mass is 16.3. The van der Waals surface area contributed by atoms with E-state index in [1.807, 2.05) is 0 Å². The molecule has 0 aliphatic rings. The molecule has 0 aromatic heterocycles. The van der Waals surface area contributed by atoms with Crippen molar-refractivity contribution in [1.82, 2.24) is 5.32 Å². The Morgan fingerprint density at radius 1 is 1.46 bits per heavy atom. The Kier molecular flexibility index (Phi) is 3.09. The highest BCUT2D eigenvalue weighted by Crippen LogP contribution is 2.08. The minimum atomic E-state index is -0.167. The van der Waals surface area contributed by atoms with Gasteiger partial charge in [0.1, 0.15) is 5.75 Å². The summed E-state index contributed by atoms with van der Waals surface area (Å²) >= 11 is 0. The van der Waals surface area contributed by atoms with Crippen LogP contribution in [0.15, 0.2) is 36.9 Å². The Balaban J connectivity index is 2.66. The standard InChI is InChI=1S/C10H11NO2/c1-2-7-11-10(13)8-3-5-9(12)6-4-8/h2-6,12H,1,7H2,(H,11,13). The summed E-state index contributed by atoms with van der Waals surface area (Å²) in [6, 6.07) is 6.08. The van der Waals surface area contributed by atoms with E-state index in [9.17, 15) is 4.79 Å². The molecular weight excluding hydrogens is 166 g/mol. The molecular formula is C10H11NO2. The topological polar surface area (TPSA) is 49.3 Å². The van der Waals surface area contributed by atoms with Crippen molar-refractivity contribution in [2.75, 3.05) is 6.54 Å². The van der Waals surface area contributed by atoms with E-state index < -0.39 is 0 Å². The lowest BCUT2D eigenvalue weighted by atomic mass is 10.2. The fourth-order valence-corrected chi connectivity index (χ4v) is 0.880. The van der Waals surface area contributed by atoms with Crippen LogP contribution >= 0.6 is 0 Å². The van der Waals surface area contributed by atoms with E-state index in [2.05, 4.69) is 11.9 Å². The molecule has 0 spiro atoms. The maximum absolute atomic E-state index is 11.3. The first kappa shape index (κ1) is 9.32. The number of amides is 1. The third kappa shape index (κ3) is 2.63. The van der Waals surface area contributed by atoms with Crippen molar-refractivity contribution in [3.63, 3.8) is 0 Å². The maximum atomic E-state index is 11.3. The fourth-order valence-electron chi connectivity index (χ4n) is 0.880. The minimum Gasteiger partial charge on any atom is -0.508 e. The number of rotatable bonds is 3. The van der Waals surface area contributed by atoms with Crippen molar-refractivity contribution < 1.29 is 9.90 Å². The van der Waals surface area contributed by atoms with Gasteiger partial charge in [-0.25, -0.2) is 0 Å². The summed E-state index contributed by atoms with van der Waals surface area (Å²) in [7, 11) is 0. The highest BCUT2D eigenvalue weighted by Gasteiger charge is 2.02. The Labute approximate surface area is 76.7 Å². The van der Waals surface area contributed by atoms with Gasteiger partial charge in [0.2, 0.25) is 0 Å². The monoisotopic (exact) mass is 177 g/mol. The number of carbonyl (C=O) groups excluding carboxylic acids is 1. The summed E-state index contributed by atoms with van der Waals surface area (Å²) in [5.41, 5.74) is 0.527. The van der Waals surface area contributed by atoms with Gasteiger partial charge in [0, 0.05) is 12.1 Å². The molecule has 0 atom stereocenters. The summed E-state index contributed by atoms with van der Waals surface area (Å²) in [6.45, 7) is 3.93. The molecule has 0 unspecified atom stereocenters. The van der Waals surface area contributed by atoms with Crippen molar-refractivity contribution in [2.45, 2.75) is 0 Å². The molecule has 1 amide bonds. The van der Waals surface area contributed by atoms with Crippen molar-refractivity contribution in [3.05, 3.63) is 42.5 Å². The molecule has 13 heavy (non-hydrogen) atoms. The van der Waals surface area contributed by atoms with Crippen molar-refractivity contribution >= 4 is 5.91 Å². The first-order chi connectivity index (χ1) is 6.24. The van der Waals surface area contributed by atoms with Gasteiger partial charge in [0.15, 0.2) is 0 Å². The van der Waals surface area contributed by atoms with Crippen LogP contribution in [0.25, 0.3) is 0 Å². The number of hydrogen-bond donors (Lipinski definition) is 2. The van der Waals surface area contributed by atoms with Crippen LogP contribution in [0.1, 0.15) is 10.4 Å². The summed E-state index contributed by atoms with van der Waals surface area (Å²) in [5.74, 6) is -0.0137. The van der Waals surface area contributed by atoms with Gasteiger partial charge in [-0.05, 0) is 24.3 Å². The van der Waals surface area contributed by atoms with Crippen LogP contribution in [0, 0.1) is 0 Å². The highest BCUT2D eigenvalue weighted by molar-refractivity contribution is 5.94. The first-order valence-electron chi connectivity index (χ1n) is 3.92. The second kappa shape index (κ2) is 4.30. The molecule has 0 saturated heterocycles. The lowest BCUT2D eigenvalue weighted by Gasteiger charge is -2.01. The predicted octanol–water partition coefficient (Wildman–Crippen LogP) is 1.31. The van der Waals surface area contributed by atoms with Crippen LogP contribution in [0.4, 0.5) is 0 Å². The van der Waals surface area contributed by atoms with Crippen LogP contribution in [-0.4, -0.2) is 17.6 Å². The van der Waals surface area contributed by atoms with Gasteiger partial charge in [-0.3, -0.25) is 4.79 Å². The molecule has 68 valence electrons. The number of phenols is 1. The van der Waals surface area contributed by atoms with E-state index in [1.165, 1.54) is 12.1 Å². The predicted molar refractivity (Wildman–Crippen MR) is 50.6 cm³/mol. The average molecular weight is 177 g/mol. The molecule has 1 aromatic carbocycles. The normalized spacial score (nSPS) is 9.23. The first-order valence-corrected chi connectivity index (χ1v) is 3.92. The number of phenolic OH excluding ortho intramolecular Hbond substituents is 1. The zero-order chi connectivity index (χ0) is 9.68. The molecule has 0 aliphatic carbocycles. The number of aromatic hydroxyl groups is 1. The second-order valence-corrected chi connectivity index (χ2v) is 2.55. The fraction of sp³-hybridized carbons (Fsp3) is 0.100. The maximum Gasteiger partial charge on any atom is 0.251 e. The van der Waals surface area contributed by atoms with Crippen LogP contribution in [-0.2, 0) is 0 Å². The van der Waals surface area contributed by atoms with Gasteiger partial charge in [-0.15, -0.1) is 6.58 Å². The van der Waals surface area contributed by atoms with Crippen LogP contribution in [0.5, 0.6) is 5.75 Å². The minimum absolute atomic E-state index is 0.153. The number of carbonyl (C=O) groups is 1. The van der Waals surface area contributed by atoms with E-state index in [-0.39, 0.29) is 11.7 Å². The second-order valence-electron chi connectivity index (χ2n) is 2.55. The summed E-state index contributed by atoms with van der Waals surface area (Å²) in [5, 5.41) is 11.6. The molecule has 0 radical (unpaired) electrons. The average Bonchev–Trinajstić information content (AvgIpc) is 2.15. The van der Waals surface area contributed by atoms with Crippen molar-refractivity contribution in [1.29, 1.82) is 0 Å². The van der Waals surface area contributed by atoms with Crippen molar-refractivity contribution in [2.24, 2.45) is 0 Å². The third-order valence-electron chi connectivity index (χ3n) is 1.54. The van der Waals surface area contributed by atoms with Gasteiger partial charge in [0.05, 0.1) is 0 Å². The molecule has 0 fully saturated rings. The summed E-state index contributed by atoms with van der Waals surface area (Å²) in [4.78, 5) is 11.3. The molecule has 1 aromatic rings. The molecule has 0 bridgehead atoms. The van der Waals surface area contributed by atoms with Gasteiger partial charge < -0.3 is 10.4 Å². The van der Waals surface area contributed by atoms with E-state index in [0.717, 1.165) is 0 Å². The largest absolute Gasteiger partial charge is 0.508 e. The molecule has 2 N–H and O–H groups in total. The zero-order valence-corrected chi connectivity index (χ0v) is 7.16. The summed E-state index contributed by atoms with van der Waals surface area (Å²) < 4.78 is 0. The molecule has 1 rings (SSSR count). The lowest BCUT2D eigenvalue weighted by Crippen LogP contribution is -2.22. The quantitative estimate of drug-likeness (QED) is 0.684. The van der Waals surface area contributed by atoms with Gasteiger partial charge >= 0.3 is 0 Å². The van der Waals surface area contributed by atoms with Crippen LogP contribution < -0.4 is 5.32 Å². The SMILES string of the molecule is C=CCNC(=O)c1ccc(O)cc1. The third-order valence-corrected chi connectivity index (χ3v) is 1.54. The van der Waals surface area contributed by atoms with Crippen molar-refractivity contribution in [3.8, 4) is 5.75 Å². The Morgan fingerprint density at radius 3 is 2.62 bits per heavy atom. The smallest absolute Gasteiger partial charge is 0.251 e. The Bertz CT molecular complexity index is 303. The Morgan fingerprint density at radius 2 is 2.08 bits per heavy atom. The van der Waals surface area contributed by atoms with Gasteiger partial charge in [0.25, 0.3) is 5.91 Å². The van der Waals surface area contributed by atoms with E-state index >= 15 is 0 Å². The van der Waals surface area contributed by atoms with Gasteiger partial charge in [-0.1, -0.05) is 6.08 Å². The molecule has 0 aliphatic heterocycles. The molecule has 0 heterocycles. The van der Waals surface area contributed by atoms with E-state index in [0.29, 0.717) is 12.1 Å². The molecule has 0 saturated carbocycles. The van der Waals surface area contributed by atoms with E-state index in [1.54, 1.807) is 18.2 Å². The molecule has 3 nitrogen and oxygen atoms in total. The summed E-state index contributed by atoms with van der Waals surface area (Å²) in [6.07, 6.45) is 1.61. The lowest BCUT2D eigenvalue weighted by molar-refractivity contribution is 0.0958. The Hall–Kier alpha value is -1.77. The number of benzene rings is 1. The van der Waals surface area contributed by atoms with E-state index in [4.69, 9.17) is 5.11 Å². The zero-order valence-electron chi connectivity index (χ0n) is 7.16. The molecule has 3 heteroatoms. The van der Waals surface area contributed by atoms with Crippen LogP contribution in [0.3, 0.4) is 0 Å². The van der Waals surface area contributed by atoms with Crippen LogP contribution in [0.2, 0.25) is 0 Å². The van der Waals surface area contributed by atoms with Gasteiger partial charge in [-0.2, -0.15) is 0 Å². The number of hydrogen-bond acceptors (Lipinski definition) is 2. The number of nitrogens with one attached hydrogen (secondary N) is 1.